The van der Waals surface area contributed by atoms with Gasteiger partial charge in [0.2, 0.25) is 0 Å². The van der Waals surface area contributed by atoms with Crippen LogP contribution in [0, 0.1) is 19.7 Å². The van der Waals surface area contributed by atoms with E-state index >= 15 is 0 Å². The van der Waals surface area contributed by atoms with Crippen LogP contribution in [0.4, 0.5) is 4.39 Å². The molecular formula is C49H66FN3O12. The first-order valence-corrected chi connectivity index (χ1v) is 22.1. The zero-order chi connectivity index (χ0) is 46.4. The van der Waals surface area contributed by atoms with E-state index in [1.54, 1.807) is 51.6 Å². The third kappa shape index (κ3) is 16.3. The molecule has 0 fully saturated rings. The van der Waals surface area contributed by atoms with Crippen LogP contribution in [0.15, 0.2) is 77.9 Å². The van der Waals surface area contributed by atoms with Gasteiger partial charge in [0.15, 0.2) is 0 Å². The Morgan fingerprint density at radius 3 is 1.58 bits per heavy atom. The van der Waals surface area contributed by atoms with Gasteiger partial charge < -0.3 is 67.3 Å². The summed E-state index contributed by atoms with van der Waals surface area (Å²) >= 11 is 0. The summed E-state index contributed by atoms with van der Waals surface area (Å²) in [5, 5.41) is 11.7. The van der Waals surface area contributed by atoms with Crippen molar-refractivity contribution in [3.8, 4) is 34.1 Å². The van der Waals surface area contributed by atoms with Crippen LogP contribution in [-0.4, -0.2) is 133 Å². The van der Waals surface area contributed by atoms with E-state index < -0.39 is 5.60 Å². The zero-order valence-electron chi connectivity index (χ0n) is 38.4. The minimum absolute atomic E-state index is 0.185. The SMILES string of the molecule is Cc1cc(F)cc(C)c1Oc1ccc(C(C)(C)O)cc1-c1cn(C)c(=O)c2c1ccn2-c1ccc(OCCOCCOCCOCCOCCOCCOCCOCCOCCN)cc1. The van der Waals surface area contributed by atoms with Gasteiger partial charge in [-0.15, -0.1) is 0 Å². The predicted molar refractivity (Wildman–Crippen MR) is 246 cm³/mol. The first kappa shape index (κ1) is 51.3. The summed E-state index contributed by atoms with van der Waals surface area (Å²) in [6, 6.07) is 17.7. The third-order valence-corrected chi connectivity index (χ3v) is 10.1. The molecular weight excluding hydrogens is 842 g/mol. The standard InChI is InChI=1S/C49H66FN3O12/c1-36-32-39(50)33-37(2)47(36)65-45-11-6-38(49(3,4)55)34-43(45)44-35-52(5)48(54)46-42(44)12-14-53(46)40-7-9-41(10-8-40)64-31-30-63-29-28-62-27-26-61-25-24-60-23-22-59-21-20-58-19-18-57-17-16-56-15-13-51/h6-12,14,32-35,55H,13,15-31,51H2,1-5H3. The second-order valence-electron chi connectivity index (χ2n) is 15.7. The summed E-state index contributed by atoms with van der Waals surface area (Å²) < 4.78 is 73.8. The lowest BCUT2D eigenvalue weighted by Gasteiger charge is -2.22. The molecule has 0 aliphatic heterocycles. The van der Waals surface area contributed by atoms with Crippen molar-refractivity contribution in [3.05, 3.63) is 106 Å². The Morgan fingerprint density at radius 2 is 1.11 bits per heavy atom. The minimum Gasteiger partial charge on any atom is -0.491 e. The summed E-state index contributed by atoms with van der Waals surface area (Å²) in [6.07, 6.45) is 3.63. The van der Waals surface area contributed by atoms with E-state index in [2.05, 4.69) is 0 Å². The first-order valence-electron chi connectivity index (χ1n) is 22.1. The second kappa shape index (κ2) is 27.0. The van der Waals surface area contributed by atoms with E-state index in [0.29, 0.717) is 169 Å². The molecule has 5 rings (SSSR count). The average Bonchev–Trinajstić information content (AvgIpc) is 3.73. The smallest absolute Gasteiger partial charge is 0.275 e. The van der Waals surface area contributed by atoms with Crippen LogP contribution in [0.1, 0.15) is 30.5 Å². The van der Waals surface area contributed by atoms with E-state index in [0.717, 1.165) is 11.3 Å². The molecule has 0 aliphatic rings. The number of nitrogens with zero attached hydrogens (tertiary/aromatic N) is 2. The molecule has 0 atom stereocenters. The van der Waals surface area contributed by atoms with Crippen LogP contribution >= 0.6 is 0 Å². The largest absolute Gasteiger partial charge is 0.491 e. The minimum atomic E-state index is -1.15. The highest BCUT2D eigenvalue weighted by Gasteiger charge is 2.23. The number of aryl methyl sites for hydroxylation is 3. The van der Waals surface area contributed by atoms with Crippen molar-refractivity contribution in [2.45, 2.75) is 33.3 Å². The van der Waals surface area contributed by atoms with Crippen molar-refractivity contribution >= 4 is 10.9 Å². The maximum atomic E-state index is 14.2. The van der Waals surface area contributed by atoms with E-state index in [9.17, 15) is 14.3 Å². The highest BCUT2D eigenvalue weighted by atomic mass is 19.1. The van der Waals surface area contributed by atoms with Gasteiger partial charge in [0, 0.05) is 48.2 Å². The molecule has 0 aliphatic carbocycles. The fourth-order valence-electron chi connectivity index (χ4n) is 6.81. The molecule has 5 aromatic rings. The topological polar surface area (TPSA) is 165 Å². The molecule has 3 aromatic carbocycles. The molecule has 0 amide bonds. The summed E-state index contributed by atoms with van der Waals surface area (Å²) in [4.78, 5) is 13.8. The maximum Gasteiger partial charge on any atom is 0.275 e. The molecule has 356 valence electrons. The van der Waals surface area contributed by atoms with Crippen LogP contribution < -0.4 is 20.8 Å². The number of pyridine rings is 1. The molecule has 0 saturated carbocycles. The number of fused-ring (bicyclic) bond motifs is 1. The van der Waals surface area contributed by atoms with E-state index in [4.69, 9.17) is 53.1 Å². The number of halogens is 1. The molecule has 3 N–H and O–H groups in total. The summed E-state index contributed by atoms with van der Waals surface area (Å²) in [7, 11) is 1.71. The highest BCUT2D eigenvalue weighted by Crippen LogP contribution is 2.41. The van der Waals surface area contributed by atoms with Crippen molar-refractivity contribution in [1.29, 1.82) is 0 Å². The van der Waals surface area contributed by atoms with Crippen molar-refractivity contribution < 1.29 is 56.9 Å². The first-order chi connectivity index (χ1) is 31.5. The fraction of sp³-hybridized carbons (Fsp3) is 0.490. The van der Waals surface area contributed by atoms with E-state index in [1.807, 2.05) is 53.2 Å². The molecule has 0 unspecified atom stereocenters. The number of nitrogens with two attached hydrogens (primary N) is 1. The van der Waals surface area contributed by atoms with Gasteiger partial charge in [-0.25, -0.2) is 4.39 Å². The van der Waals surface area contributed by atoms with Crippen LogP contribution in [0.2, 0.25) is 0 Å². The van der Waals surface area contributed by atoms with Crippen LogP contribution in [0.3, 0.4) is 0 Å². The molecule has 2 aromatic heterocycles. The van der Waals surface area contributed by atoms with Gasteiger partial charge in [0.05, 0.1) is 111 Å². The van der Waals surface area contributed by atoms with Gasteiger partial charge in [0.25, 0.3) is 5.56 Å². The van der Waals surface area contributed by atoms with Gasteiger partial charge in [-0.3, -0.25) is 4.79 Å². The zero-order valence-corrected chi connectivity index (χ0v) is 38.4. The number of hydrogen-bond acceptors (Lipinski definition) is 13. The molecule has 0 saturated heterocycles. The van der Waals surface area contributed by atoms with Crippen molar-refractivity contribution in [2.24, 2.45) is 12.8 Å². The summed E-state index contributed by atoms with van der Waals surface area (Å²) in [5.74, 6) is 1.36. The van der Waals surface area contributed by atoms with E-state index in [1.165, 1.54) is 12.1 Å². The van der Waals surface area contributed by atoms with Crippen LogP contribution in [0.5, 0.6) is 17.2 Å². The highest BCUT2D eigenvalue weighted by molar-refractivity contribution is 5.97. The third-order valence-electron chi connectivity index (χ3n) is 10.1. The number of aromatic nitrogens is 2. The summed E-state index contributed by atoms with van der Waals surface area (Å²) in [6.45, 7) is 15.6. The lowest BCUT2D eigenvalue weighted by molar-refractivity contribution is -0.0234. The van der Waals surface area contributed by atoms with Crippen LogP contribution in [-0.2, 0) is 50.5 Å². The van der Waals surface area contributed by atoms with E-state index in [-0.39, 0.29) is 11.4 Å². The maximum absolute atomic E-state index is 14.2. The Morgan fingerprint density at radius 1 is 0.631 bits per heavy atom. The van der Waals surface area contributed by atoms with Crippen molar-refractivity contribution in [3.63, 3.8) is 0 Å². The lowest BCUT2D eigenvalue weighted by Crippen LogP contribution is -2.19. The van der Waals surface area contributed by atoms with Gasteiger partial charge in [0.1, 0.15) is 35.2 Å². The Labute approximate surface area is 380 Å². The molecule has 15 nitrogen and oxygen atoms in total. The lowest BCUT2D eigenvalue weighted by atomic mass is 9.93. The van der Waals surface area contributed by atoms with Gasteiger partial charge >= 0.3 is 0 Å². The molecule has 0 spiro atoms. The quantitative estimate of drug-likeness (QED) is 0.0467. The number of rotatable bonds is 32. The Bertz CT molecular complexity index is 2220. The molecule has 2 heterocycles. The Kier molecular flexibility index (Phi) is 21.3. The number of hydrogen-bond donors (Lipinski definition) is 2. The number of ether oxygens (including phenoxy) is 10. The normalized spacial score (nSPS) is 11.8. The Hall–Kier alpha value is -4.72. The second-order valence-corrected chi connectivity index (χ2v) is 15.7. The Balaban J connectivity index is 0.994. The average molecular weight is 908 g/mol. The predicted octanol–water partition coefficient (Wildman–Crippen LogP) is 6.24. The van der Waals surface area contributed by atoms with Crippen molar-refractivity contribution in [1.82, 2.24) is 9.13 Å². The monoisotopic (exact) mass is 907 g/mol. The molecule has 16 heteroatoms. The fourth-order valence-corrected chi connectivity index (χ4v) is 6.81. The van der Waals surface area contributed by atoms with Gasteiger partial charge in [-0.2, -0.15) is 0 Å². The van der Waals surface area contributed by atoms with Crippen molar-refractivity contribution in [2.75, 3.05) is 119 Å². The van der Waals surface area contributed by atoms with Gasteiger partial charge in [-0.05, 0) is 99.0 Å². The number of benzene rings is 3. The number of aliphatic hydroxyl groups is 1. The van der Waals surface area contributed by atoms with Crippen LogP contribution in [0.25, 0.3) is 27.7 Å². The van der Waals surface area contributed by atoms with Gasteiger partial charge in [-0.1, -0.05) is 6.07 Å². The molecule has 0 radical (unpaired) electrons. The molecule has 65 heavy (non-hydrogen) atoms. The summed E-state index contributed by atoms with van der Waals surface area (Å²) in [5.41, 5.74) is 8.64. The molecule has 0 bridgehead atoms.